The summed E-state index contributed by atoms with van der Waals surface area (Å²) in [5.41, 5.74) is 4.98. The number of hydrogen-bond acceptors (Lipinski definition) is 6. The van der Waals surface area contributed by atoms with Crippen molar-refractivity contribution in [1.82, 2.24) is 9.97 Å². The van der Waals surface area contributed by atoms with Gasteiger partial charge in [-0.25, -0.2) is 19.8 Å². The number of rotatable bonds is 6. The Morgan fingerprint density at radius 2 is 2.04 bits per heavy atom. The first-order valence-corrected chi connectivity index (χ1v) is 8.15. The van der Waals surface area contributed by atoms with E-state index in [2.05, 4.69) is 15.4 Å². The first-order valence-electron chi connectivity index (χ1n) is 8.15. The van der Waals surface area contributed by atoms with Gasteiger partial charge in [0.05, 0.1) is 12.1 Å². The maximum absolute atomic E-state index is 13.2. The molecule has 0 unspecified atom stereocenters. The zero-order chi connectivity index (χ0) is 18.6. The van der Waals surface area contributed by atoms with Gasteiger partial charge >= 0.3 is 0 Å². The summed E-state index contributed by atoms with van der Waals surface area (Å²) in [7, 11) is 0. The van der Waals surface area contributed by atoms with Gasteiger partial charge in [0.25, 0.3) is 0 Å². The largest absolute Gasteiger partial charge is 0.453 e. The van der Waals surface area contributed by atoms with Crippen molar-refractivity contribution < 1.29 is 18.4 Å². The number of aromatic nitrogens is 2. The summed E-state index contributed by atoms with van der Waals surface area (Å²) in [5, 5.41) is 0.721. The topological polar surface area (TPSA) is 77.2 Å². The molecule has 1 N–H and O–H groups in total. The number of carbonyl (C=O) groups excluding carboxylic acids is 1. The number of furan rings is 1. The van der Waals surface area contributed by atoms with Crippen molar-refractivity contribution >= 4 is 23.0 Å². The molecule has 0 amide bonds. The highest BCUT2D eigenvalue weighted by atomic mass is 19.1. The standard InChI is InChI=1S/C20H14FN3O3/c21-15-3-1-2-13(8-15)11-26-24-20-17-9-14(4-6-18(17)22-12-23-20)19-7-5-16(10-25)27-19/h1-10,12H,11H2,(H,22,23,24). The zero-order valence-electron chi connectivity index (χ0n) is 14.1. The highest BCUT2D eigenvalue weighted by Gasteiger charge is 2.09. The number of anilines is 1. The lowest BCUT2D eigenvalue weighted by Crippen LogP contribution is -2.04. The Morgan fingerprint density at radius 1 is 1.11 bits per heavy atom. The van der Waals surface area contributed by atoms with E-state index in [0.29, 0.717) is 28.9 Å². The summed E-state index contributed by atoms with van der Waals surface area (Å²) in [6.45, 7) is 0.170. The molecule has 0 aliphatic heterocycles. The van der Waals surface area contributed by atoms with E-state index in [-0.39, 0.29) is 18.2 Å². The van der Waals surface area contributed by atoms with E-state index < -0.39 is 0 Å². The number of nitrogens with zero attached hydrogens (tertiary/aromatic N) is 2. The molecule has 0 fully saturated rings. The minimum Gasteiger partial charge on any atom is -0.453 e. The molecule has 0 saturated heterocycles. The van der Waals surface area contributed by atoms with Crippen molar-refractivity contribution in [3.63, 3.8) is 0 Å². The van der Waals surface area contributed by atoms with Gasteiger partial charge in [0.1, 0.15) is 17.9 Å². The molecule has 134 valence electrons. The van der Waals surface area contributed by atoms with Crippen LogP contribution >= 0.6 is 0 Å². The van der Waals surface area contributed by atoms with E-state index in [9.17, 15) is 9.18 Å². The molecule has 0 aliphatic rings. The molecule has 7 heteroatoms. The monoisotopic (exact) mass is 363 g/mol. The molecule has 0 atom stereocenters. The van der Waals surface area contributed by atoms with Crippen molar-refractivity contribution in [2.24, 2.45) is 0 Å². The van der Waals surface area contributed by atoms with E-state index >= 15 is 0 Å². The average molecular weight is 363 g/mol. The van der Waals surface area contributed by atoms with Gasteiger partial charge in [-0.3, -0.25) is 9.63 Å². The second-order valence-electron chi connectivity index (χ2n) is 5.79. The molecule has 4 aromatic rings. The Kier molecular flexibility index (Phi) is 4.59. The lowest BCUT2D eigenvalue weighted by Gasteiger charge is -2.09. The van der Waals surface area contributed by atoms with Gasteiger partial charge in [-0.05, 0) is 48.0 Å². The van der Waals surface area contributed by atoms with Crippen LogP contribution in [0.5, 0.6) is 0 Å². The molecular formula is C20H14FN3O3. The summed E-state index contributed by atoms with van der Waals surface area (Å²) >= 11 is 0. The third-order valence-corrected chi connectivity index (χ3v) is 3.96. The predicted molar refractivity (Wildman–Crippen MR) is 97.4 cm³/mol. The second-order valence-corrected chi connectivity index (χ2v) is 5.79. The fourth-order valence-corrected chi connectivity index (χ4v) is 2.68. The van der Waals surface area contributed by atoms with Gasteiger partial charge < -0.3 is 4.42 Å². The van der Waals surface area contributed by atoms with Gasteiger partial charge in [0.15, 0.2) is 17.9 Å². The van der Waals surface area contributed by atoms with Crippen molar-refractivity contribution in [2.45, 2.75) is 6.61 Å². The van der Waals surface area contributed by atoms with Crippen molar-refractivity contribution in [1.29, 1.82) is 0 Å². The number of halogens is 1. The minimum absolute atomic E-state index is 0.170. The quantitative estimate of drug-likeness (QED) is 0.404. The van der Waals surface area contributed by atoms with Crippen molar-refractivity contribution in [3.05, 3.63) is 78.1 Å². The summed E-state index contributed by atoms with van der Waals surface area (Å²) in [4.78, 5) is 24.7. The summed E-state index contributed by atoms with van der Waals surface area (Å²) in [6, 6.07) is 15.0. The minimum atomic E-state index is -0.318. The van der Waals surface area contributed by atoms with Crippen molar-refractivity contribution in [3.8, 4) is 11.3 Å². The smallest absolute Gasteiger partial charge is 0.185 e. The van der Waals surface area contributed by atoms with Gasteiger partial charge in [0.2, 0.25) is 0 Å². The van der Waals surface area contributed by atoms with Gasteiger partial charge in [-0.2, -0.15) is 0 Å². The highest BCUT2D eigenvalue weighted by molar-refractivity contribution is 5.91. The number of carbonyl (C=O) groups is 1. The van der Waals surface area contributed by atoms with E-state index in [1.165, 1.54) is 18.5 Å². The number of benzene rings is 2. The first-order chi connectivity index (χ1) is 13.2. The van der Waals surface area contributed by atoms with Crippen LogP contribution in [-0.2, 0) is 11.4 Å². The third kappa shape index (κ3) is 3.68. The van der Waals surface area contributed by atoms with Gasteiger partial charge in [-0.1, -0.05) is 12.1 Å². The molecule has 2 aromatic carbocycles. The van der Waals surface area contributed by atoms with Crippen LogP contribution in [0, 0.1) is 5.82 Å². The second kappa shape index (κ2) is 7.35. The first kappa shape index (κ1) is 16.9. The Balaban J connectivity index is 1.58. The average Bonchev–Trinajstić information content (AvgIpc) is 3.17. The lowest BCUT2D eigenvalue weighted by molar-refractivity contribution is 0.110. The maximum Gasteiger partial charge on any atom is 0.185 e. The molecule has 0 aliphatic carbocycles. The van der Waals surface area contributed by atoms with Crippen LogP contribution in [0.15, 0.2) is 65.3 Å². The van der Waals surface area contributed by atoms with Crippen LogP contribution in [-0.4, -0.2) is 16.3 Å². The molecule has 6 nitrogen and oxygen atoms in total. The summed E-state index contributed by atoms with van der Waals surface area (Å²) in [5.74, 6) is 0.974. The van der Waals surface area contributed by atoms with E-state index in [1.54, 1.807) is 24.3 Å². The zero-order valence-corrected chi connectivity index (χ0v) is 14.1. The van der Waals surface area contributed by atoms with Crippen molar-refractivity contribution in [2.75, 3.05) is 5.48 Å². The molecule has 0 bridgehead atoms. The van der Waals surface area contributed by atoms with Crippen LogP contribution in [0.2, 0.25) is 0 Å². The number of hydrogen-bond donors (Lipinski definition) is 1. The van der Waals surface area contributed by atoms with Crippen LogP contribution in [0.3, 0.4) is 0 Å². The fourth-order valence-electron chi connectivity index (χ4n) is 2.68. The van der Waals surface area contributed by atoms with Gasteiger partial charge in [0, 0.05) is 10.9 Å². The summed E-state index contributed by atoms with van der Waals surface area (Å²) in [6.07, 6.45) is 2.08. The maximum atomic E-state index is 13.2. The molecule has 2 aromatic heterocycles. The SMILES string of the molecule is O=Cc1ccc(-c2ccc3ncnc(NOCc4cccc(F)c4)c3c2)o1. The van der Waals surface area contributed by atoms with E-state index in [0.717, 1.165) is 10.9 Å². The lowest BCUT2D eigenvalue weighted by atomic mass is 10.1. The molecule has 0 spiro atoms. The molecule has 0 radical (unpaired) electrons. The van der Waals surface area contributed by atoms with Crippen LogP contribution < -0.4 is 5.48 Å². The van der Waals surface area contributed by atoms with Gasteiger partial charge in [-0.15, -0.1) is 0 Å². The molecular weight excluding hydrogens is 349 g/mol. The third-order valence-electron chi connectivity index (χ3n) is 3.96. The Bertz CT molecular complexity index is 1110. The highest BCUT2D eigenvalue weighted by Crippen LogP contribution is 2.28. The number of nitrogens with one attached hydrogen (secondary N) is 1. The number of aldehydes is 1. The van der Waals surface area contributed by atoms with Crippen LogP contribution in [0.4, 0.5) is 10.2 Å². The number of fused-ring (bicyclic) bond motifs is 1. The Labute approximate surface area is 153 Å². The van der Waals surface area contributed by atoms with Crippen LogP contribution in [0.1, 0.15) is 16.1 Å². The van der Waals surface area contributed by atoms with Crippen LogP contribution in [0.25, 0.3) is 22.2 Å². The molecule has 27 heavy (non-hydrogen) atoms. The Morgan fingerprint density at radius 3 is 2.85 bits per heavy atom. The Hall–Kier alpha value is -3.58. The molecule has 0 saturated carbocycles. The normalized spacial score (nSPS) is 10.9. The predicted octanol–water partition coefficient (Wildman–Crippen LogP) is 4.39. The summed E-state index contributed by atoms with van der Waals surface area (Å²) < 4.78 is 18.7. The molecule has 4 rings (SSSR count). The van der Waals surface area contributed by atoms with E-state index in [1.807, 2.05) is 18.2 Å². The fraction of sp³-hybridized carbons (Fsp3) is 0.0500. The van der Waals surface area contributed by atoms with E-state index in [4.69, 9.17) is 9.25 Å². The molecule has 2 heterocycles.